The molecule has 1 N–H and O–H groups in total. The second-order valence-corrected chi connectivity index (χ2v) is 16.3. The number of rotatable bonds is 5. The van der Waals surface area contributed by atoms with E-state index in [2.05, 4.69) is 212 Å². The van der Waals surface area contributed by atoms with Crippen molar-refractivity contribution in [3.8, 4) is 55.6 Å². The van der Waals surface area contributed by atoms with E-state index in [1.807, 2.05) is 11.3 Å². The Morgan fingerprint density at radius 3 is 1.54 bits per heavy atom. The van der Waals surface area contributed by atoms with Gasteiger partial charge in [-0.05, 0) is 103 Å². The fraction of sp³-hybridized carbons (Fsp3) is 0.0182. The molecule has 0 fully saturated rings. The lowest BCUT2D eigenvalue weighted by Crippen LogP contribution is -2.26. The van der Waals surface area contributed by atoms with Crippen molar-refractivity contribution in [1.29, 1.82) is 0 Å². The van der Waals surface area contributed by atoms with Crippen LogP contribution in [-0.2, 0) is 5.41 Å². The molecule has 1 nitrogen and oxygen atoms in total. The molecule has 2 heteroatoms. The van der Waals surface area contributed by atoms with Crippen LogP contribution in [0, 0.1) is 0 Å². The standard InChI is InChI=1S/C55H35NS/c1-2-13-35(14-3-1)36-25-27-38(28-26-36)46-33-47-43-17-6-10-23-50(43)55(48-21-8-4-15-41(48)42-16-5-9-22-49(42)55)51(47)34-52(46)56-39-31-29-37(30-32-39)40-19-12-20-45-44-18-7-11-24-53(44)57-54(40)45/h1-34,56H. The maximum absolute atomic E-state index is 3.97. The molecule has 0 saturated heterocycles. The predicted octanol–water partition coefficient (Wildman–Crippen LogP) is 15.1. The van der Waals surface area contributed by atoms with Gasteiger partial charge in [0, 0.05) is 37.1 Å². The molecular weight excluding hydrogens is 707 g/mol. The largest absolute Gasteiger partial charge is 0.355 e. The van der Waals surface area contributed by atoms with Crippen molar-refractivity contribution in [1.82, 2.24) is 0 Å². The Bertz CT molecular complexity index is 3140. The van der Waals surface area contributed by atoms with Gasteiger partial charge in [0.15, 0.2) is 0 Å². The molecule has 0 radical (unpaired) electrons. The van der Waals surface area contributed by atoms with Gasteiger partial charge in [-0.2, -0.15) is 0 Å². The maximum Gasteiger partial charge on any atom is 0.0726 e. The van der Waals surface area contributed by atoms with Crippen LogP contribution in [0.1, 0.15) is 22.3 Å². The molecule has 0 saturated carbocycles. The third kappa shape index (κ3) is 4.75. The van der Waals surface area contributed by atoms with Crippen LogP contribution in [0.5, 0.6) is 0 Å². The minimum atomic E-state index is -0.419. The molecule has 0 unspecified atom stereocenters. The molecule has 1 spiro atoms. The third-order valence-electron chi connectivity index (χ3n) is 12.3. The highest BCUT2D eigenvalue weighted by Crippen LogP contribution is 2.63. The average molecular weight is 742 g/mol. The monoisotopic (exact) mass is 741 g/mol. The van der Waals surface area contributed by atoms with Gasteiger partial charge in [-0.25, -0.2) is 0 Å². The van der Waals surface area contributed by atoms with Crippen LogP contribution in [0.15, 0.2) is 206 Å². The Kier molecular flexibility index (Phi) is 7.08. The van der Waals surface area contributed by atoms with Crippen molar-refractivity contribution in [2.24, 2.45) is 0 Å². The van der Waals surface area contributed by atoms with Gasteiger partial charge < -0.3 is 5.32 Å². The highest BCUT2D eigenvalue weighted by Gasteiger charge is 2.51. The van der Waals surface area contributed by atoms with Crippen LogP contribution in [0.25, 0.3) is 75.8 Å². The van der Waals surface area contributed by atoms with Crippen LogP contribution >= 0.6 is 11.3 Å². The molecular formula is C55H35NS. The zero-order valence-electron chi connectivity index (χ0n) is 31.0. The summed E-state index contributed by atoms with van der Waals surface area (Å²) in [5, 5.41) is 6.61. The first-order valence-corrected chi connectivity index (χ1v) is 20.5. The first-order chi connectivity index (χ1) is 28.3. The highest BCUT2D eigenvalue weighted by atomic mass is 32.1. The average Bonchev–Trinajstić information content (AvgIpc) is 3.91. The van der Waals surface area contributed by atoms with Crippen molar-refractivity contribution >= 4 is 42.9 Å². The number of hydrogen-bond donors (Lipinski definition) is 1. The summed E-state index contributed by atoms with van der Waals surface area (Å²) in [6.07, 6.45) is 0. The number of benzene rings is 9. The molecule has 0 atom stereocenters. The lowest BCUT2D eigenvalue weighted by Gasteiger charge is -2.31. The van der Waals surface area contributed by atoms with Gasteiger partial charge in [0.05, 0.1) is 5.41 Å². The molecule has 57 heavy (non-hydrogen) atoms. The van der Waals surface area contributed by atoms with E-state index in [1.165, 1.54) is 98.1 Å². The van der Waals surface area contributed by atoms with E-state index in [0.717, 1.165) is 11.4 Å². The topological polar surface area (TPSA) is 12.0 Å². The summed E-state index contributed by atoms with van der Waals surface area (Å²) in [7, 11) is 0. The Balaban J connectivity index is 1.03. The number of thiophene rings is 1. The quantitative estimate of drug-likeness (QED) is 0.185. The molecule has 2 aliphatic carbocycles. The predicted molar refractivity (Wildman–Crippen MR) is 242 cm³/mol. The molecule has 1 aromatic heterocycles. The molecule has 0 bridgehead atoms. The number of fused-ring (bicyclic) bond motifs is 13. The molecule has 0 aliphatic heterocycles. The summed E-state index contributed by atoms with van der Waals surface area (Å²) in [6, 6.07) is 76.2. The van der Waals surface area contributed by atoms with E-state index < -0.39 is 5.41 Å². The van der Waals surface area contributed by atoms with E-state index in [9.17, 15) is 0 Å². The molecule has 0 amide bonds. The summed E-state index contributed by atoms with van der Waals surface area (Å²) in [5.74, 6) is 0. The van der Waals surface area contributed by atoms with Gasteiger partial charge >= 0.3 is 0 Å². The van der Waals surface area contributed by atoms with Gasteiger partial charge in [0.1, 0.15) is 0 Å². The van der Waals surface area contributed by atoms with Crippen molar-refractivity contribution in [3.05, 3.63) is 229 Å². The Morgan fingerprint density at radius 2 is 0.842 bits per heavy atom. The van der Waals surface area contributed by atoms with Crippen LogP contribution < -0.4 is 5.32 Å². The van der Waals surface area contributed by atoms with E-state index in [0.29, 0.717) is 0 Å². The Hall–Kier alpha value is -7.00. The highest BCUT2D eigenvalue weighted by molar-refractivity contribution is 7.26. The fourth-order valence-electron chi connectivity index (χ4n) is 9.82. The van der Waals surface area contributed by atoms with Crippen molar-refractivity contribution in [2.75, 3.05) is 5.32 Å². The van der Waals surface area contributed by atoms with Crippen LogP contribution in [0.3, 0.4) is 0 Å². The molecule has 2 aliphatic rings. The van der Waals surface area contributed by atoms with E-state index in [4.69, 9.17) is 0 Å². The molecule has 12 rings (SSSR count). The van der Waals surface area contributed by atoms with Crippen molar-refractivity contribution in [3.63, 3.8) is 0 Å². The summed E-state index contributed by atoms with van der Waals surface area (Å²) < 4.78 is 2.66. The van der Waals surface area contributed by atoms with Crippen molar-refractivity contribution < 1.29 is 0 Å². The molecule has 9 aromatic carbocycles. The van der Waals surface area contributed by atoms with E-state index in [-0.39, 0.29) is 0 Å². The van der Waals surface area contributed by atoms with Crippen LogP contribution in [0.2, 0.25) is 0 Å². The zero-order chi connectivity index (χ0) is 37.5. The number of hydrogen-bond acceptors (Lipinski definition) is 2. The first-order valence-electron chi connectivity index (χ1n) is 19.7. The summed E-state index contributed by atoms with van der Waals surface area (Å²) >= 11 is 1.88. The Morgan fingerprint density at radius 1 is 0.333 bits per heavy atom. The normalized spacial score (nSPS) is 13.1. The van der Waals surface area contributed by atoms with Gasteiger partial charge in [-0.3, -0.25) is 0 Å². The molecule has 1 heterocycles. The van der Waals surface area contributed by atoms with Gasteiger partial charge in [-0.1, -0.05) is 176 Å². The SMILES string of the molecule is c1ccc(-c2ccc(-c3cc4c(cc3Nc3ccc(-c5cccc6c5sc5ccccc56)cc3)C3(c5ccccc5-c5ccccc53)c3ccccc3-4)cc2)cc1. The molecule has 266 valence electrons. The van der Waals surface area contributed by atoms with E-state index in [1.54, 1.807) is 0 Å². The lowest BCUT2D eigenvalue weighted by atomic mass is 9.70. The number of nitrogens with one attached hydrogen (secondary N) is 1. The Labute approximate surface area is 336 Å². The third-order valence-corrected chi connectivity index (χ3v) is 13.5. The zero-order valence-corrected chi connectivity index (χ0v) is 31.9. The van der Waals surface area contributed by atoms with Crippen LogP contribution in [-0.4, -0.2) is 0 Å². The van der Waals surface area contributed by atoms with E-state index >= 15 is 0 Å². The minimum Gasteiger partial charge on any atom is -0.355 e. The number of anilines is 2. The summed E-state index contributed by atoms with van der Waals surface area (Å²) in [4.78, 5) is 0. The van der Waals surface area contributed by atoms with Gasteiger partial charge in [0.25, 0.3) is 0 Å². The van der Waals surface area contributed by atoms with Crippen LogP contribution in [0.4, 0.5) is 11.4 Å². The molecule has 10 aromatic rings. The summed E-state index contributed by atoms with van der Waals surface area (Å²) in [5.41, 5.74) is 19.6. The smallest absolute Gasteiger partial charge is 0.0726 e. The van der Waals surface area contributed by atoms with Crippen molar-refractivity contribution in [2.45, 2.75) is 5.41 Å². The van der Waals surface area contributed by atoms with Gasteiger partial charge in [0.2, 0.25) is 0 Å². The summed E-state index contributed by atoms with van der Waals surface area (Å²) in [6.45, 7) is 0. The maximum atomic E-state index is 3.97. The lowest BCUT2D eigenvalue weighted by molar-refractivity contribution is 0.794. The van der Waals surface area contributed by atoms with Gasteiger partial charge in [-0.15, -0.1) is 11.3 Å². The minimum absolute atomic E-state index is 0.419. The second-order valence-electron chi connectivity index (χ2n) is 15.3. The second kappa shape index (κ2) is 12.5. The fourth-order valence-corrected chi connectivity index (χ4v) is 11.1. The first kappa shape index (κ1) is 32.3.